The number of hydrogen-bond donors (Lipinski definition) is 1. The number of halogens is 2. The molecule has 0 aliphatic heterocycles. The van der Waals surface area contributed by atoms with Crippen LogP contribution in [-0.2, 0) is 10.0 Å². The third-order valence-electron chi connectivity index (χ3n) is 2.75. The summed E-state index contributed by atoms with van der Waals surface area (Å²) < 4.78 is 52.8. The first-order valence-corrected chi connectivity index (χ1v) is 7.37. The van der Waals surface area contributed by atoms with Gasteiger partial charge in [-0.3, -0.25) is 9.52 Å². The Morgan fingerprint density at radius 2 is 1.76 bits per heavy atom. The van der Waals surface area contributed by atoms with Gasteiger partial charge in [0.15, 0.2) is 17.4 Å². The first kappa shape index (κ1) is 15.1. The van der Waals surface area contributed by atoms with Crippen LogP contribution in [0.1, 0.15) is 17.3 Å². The number of ketones is 1. The molecular weight excluding hydrogens is 300 g/mol. The van der Waals surface area contributed by atoms with Crippen LogP contribution in [0.15, 0.2) is 47.4 Å². The van der Waals surface area contributed by atoms with E-state index in [1.807, 2.05) is 4.72 Å². The topological polar surface area (TPSA) is 63.2 Å². The number of sulfonamides is 1. The number of Topliss-reactive ketones (excluding diaryl/α,β-unsaturated/α-hetero) is 1. The maximum absolute atomic E-state index is 13.5. The van der Waals surface area contributed by atoms with Gasteiger partial charge in [-0.1, -0.05) is 18.2 Å². The maximum Gasteiger partial charge on any atom is 0.262 e. The molecule has 0 amide bonds. The molecule has 0 spiro atoms. The van der Waals surface area contributed by atoms with Gasteiger partial charge in [0.2, 0.25) is 0 Å². The Balaban J connectivity index is 2.41. The SMILES string of the molecule is CC(=O)c1cccc(S(=O)(=O)Nc2cccc(F)c2F)c1. The molecule has 2 aromatic rings. The van der Waals surface area contributed by atoms with E-state index in [2.05, 4.69) is 0 Å². The van der Waals surface area contributed by atoms with Crippen LogP contribution in [0.3, 0.4) is 0 Å². The average Bonchev–Trinajstić information content (AvgIpc) is 2.44. The predicted molar refractivity (Wildman–Crippen MR) is 73.6 cm³/mol. The van der Waals surface area contributed by atoms with E-state index in [-0.39, 0.29) is 16.2 Å². The molecule has 0 aliphatic carbocycles. The van der Waals surface area contributed by atoms with Crippen molar-refractivity contribution in [3.8, 4) is 0 Å². The average molecular weight is 311 g/mol. The van der Waals surface area contributed by atoms with Gasteiger partial charge in [-0.25, -0.2) is 17.2 Å². The zero-order valence-corrected chi connectivity index (χ0v) is 11.7. The molecule has 7 heteroatoms. The van der Waals surface area contributed by atoms with E-state index in [9.17, 15) is 22.0 Å². The summed E-state index contributed by atoms with van der Waals surface area (Å²) in [6.45, 7) is 1.30. The van der Waals surface area contributed by atoms with Crippen molar-refractivity contribution in [3.05, 3.63) is 59.7 Å². The van der Waals surface area contributed by atoms with E-state index < -0.39 is 27.3 Å². The van der Waals surface area contributed by atoms with Crippen molar-refractivity contribution in [2.24, 2.45) is 0 Å². The summed E-state index contributed by atoms with van der Waals surface area (Å²) in [5.41, 5.74) is -0.291. The predicted octanol–water partition coefficient (Wildman–Crippen LogP) is 2.97. The summed E-state index contributed by atoms with van der Waals surface area (Å²) in [5.74, 6) is -2.75. The van der Waals surface area contributed by atoms with Crippen LogP contribution in [0.25, 0.3) is 0 Å². The summed E-state index contributed by atoms with van der Waals surface area (Å²) in [6.07, 6.45) is 0. The standard InChI is InChI=1S/C14H11F2NO3S/c1-9(18)10-4-2-5-11(8-10)21(19,20)17-13-7-3-6-12(15)14(13)16/h2-8,17H,1H3. The number of carbonyl (C=O) groups excluding carboxylic acids is 1. The fourth-order valence-corrected chi connectivity index (χ4v) is 2.77. The molecule has 1 N–H and O–H groups in total. The van der Waals surface area contributed by atoms with E-state index in [1.165, 1.54) is 37.3 Å². The molecule has 0 saturated carbocycles. The Hall–Kier alpha value is -2.28. The van der Waals surface area contributed by atoms with Crippen LogP contribution in [0, 0.1) is 11.6 Å². The molecule has 0 heterocycles. The van der Waals surface area contributed by atoms with Crippen LogP contribution in [0.5, 0.6) is 0 Å². The number of benzene rings is 2. The molecule has 21 heavy (non-hydrogen) atoms. The number of anilines is 1. The van der Waals surface area contributed by atoms with Gasteiger partial charge in [0.25, 0.3) is 10.0 Å². The van der Waals surface area contributed by atoms with Crippen LogP contribution < -0.4 is 4.72 Å². The molecule has 0 aromatic heterocycles. The minimum absolute atomic E-state index is 0.206. The third-order valence-corrected chi connectivity index (χ3v) is 4.11. The lowest BCUT2D eigenvalue weighted by Gasteiger charge is -2.09. The zero-order chi connectivity index (χ0) is 15.6. The Labute approximate surface area is 120 Å². The van der Waals surface area contributed by atoms with Crippen LogP contribution in [-0.4, -0.2) is 14.2 Å². The molecule has 0 aliphatic rings. The minimum atomic E-state index is -4.12. The maximum atomic E-state index is 13.5. The molecular formula is C14H11F2NO3S. The van der Waals surface area contributed by atoms with Gasteiger partial charge in [-0.15, -0.1) is 0 Å². The second-order valence-corrected chi connectivity index (χ2v) is 5.97. The summed E-state index contributed by atoms with van der Waals surface area (Å²) in [4.78, 5) is 11.0. The van der Waals surface area contributed by atoms with Crippen molar-refractivity contribution in [3.63, 3.8) is 0 Å². The van der Waals surface area contributed by atoms with Gasteiger partial charge in [-0.2, -0.15) is 0 Å². The van der Waals surface area contributed by atoms with Crippen molar-refractivity contribution in [2.75, 3.05) is 4.72 Å². The Morgan fingerprint density at radius 3 is 2.43 bits per heavy atom. The quantitative estimate of drug-likeness (QED) is 0.883. The molecule has 2 aromatic carbocycles. The number of rotatable bonds is 4. The van der Waals surface area contributed by atoms with Crippen molar-refractivity contribution in [1.29, 1.82) is 0 Å². The zero-order valence-electron chi connectivity index (χ0n) is 10.9. The van der Waals surface area contributed by atoms with E-state index >= 15 is 0 Å². The molecule has 0 atom stereocenters. The number of nitrogens with one attached hydrogen (secondary N) is 1. The van der Waals surface area contributed by atoms with Gasteiger partial charge in [0.05, 0.1) is 10.6 Å². The highest BCUT2D eigenvalue weighted by Gasteiger charge is 2.18. The molecule has 0 saturated heterocycles. The monoisotopic (exact) mass is 311 g/mol. The highest BCUT2D eigenvalue weighted by atomic mass is 32.2. The van der Waals surface area contributed by atoms with E-state index in [1.54, 1.807) is 0 Å². The van der Waals surface area contributed by atoms with Crippen LogP contribution >= 0.6 is 0 Å². The van der Waals surface area contributed by atoms with Gasteiger partial charge in [0.1, 0.15) is 0 Å². The van der Waals surface area contributed by atoms with Crippen molar-refractivity contribution < 1.29 is 22.0 Å². The van der Waals surface area contributed by atoms with Crippen molar-refractivity contribution >= 4 is 21.5 Å². The lowest BCUT2D eigenvalue weighted by Crippen LogP contribution is -2.15. The van der Waals surface area contributed by atoms with Gasteiger partial charge < -0.3 is 0 Å². The molecule has 2 rings (SSSR count). The lowest BCUT2D eigenvalue weighted by molar-refractivity contribution is 0.101. The molecule has 4 nitrogen and oxygen atoms in total. The normalized spacial score (nSPS) is 11.2. The molecule has 0 unspecified atom stereocenters. The van der Waals surface area contributed by atoms with Gasteiger partial charge >= 0.3 is 0 Å². The Kier molecular flexibility index (Phi) is 4.04. The van der Waals surface area contributed by atoms with E-state index in [0.29, 0.717) is 0 Å². The lowest BCUT2D eigenvalue weighted by atomic mass is 10.2. The summed E-state index contributed by atoms with van der Waals surface area (Å²) in [6, 6.07) is 8.45. The minimum Gasteiger partial charge on any atom is -0.295 e. The molecule has 110 valence electrons. The highest BCUT2D eigenvalue weighted by molar-refractivity contribution is 7.92. The van der Waals surface area contributed by atoms with E-state index in [4.69, 9.17) is 0 Å². The fraction of sp³-hybridized carbons (Fsp3) is 0.0714. The van der Waals surface area contributed by atoms with Crippen molar-refractivity contribution in [1.82, 2.24) is 0 Å². The van der Waals surface area contributed by atoms with Gasteiger partial charge in [-0.05, 0) is 31.2 Å². The molecule has 0 bridgehead atoms. The van der Waals surface area contributed by atoms with Crippen molar-refractivity contribution in [2.45, 2.75) is 11.8 Å². The summed E-state index contributed by atoms with van der Waals surface area (Å²) in [7, 11) is -4.12. The summed E-state index contributed by atoms with van der Waals surface area (Å²) in [5, 5.41) is 0. The Bertz CT molecular complexity index is 804. The van der Waals surface area contributed by atoms with Crippen LogP contribution in [0.4, 0.5) is 14.5 Å². The summed E-state index contributed by atoms with van der Waals surface area (Å²) >= 11 is 0. The number of carbonyl (C=O) groups is 1. The molecule has 0 radical (unpaired) electrons. The molecule has 0 fully saturated rings. The van der Waals surface area contributed by atoms with E-state index in [0.717, 1.165) is 12.1 Å². The van der Waals surface area contributed by atoms with Crippen LogP contribution in [0.2, 0.25) is 0 Å². The fourth-order valence-electron chi connectivity index (χ4n) is 1.67. The van der Waals surface area contributed by atoms with Gasteiger partial charge in [0, 0.05) is 5.56 Å². The first-order valence-electron chi connectivity index (χ1n) is 5.89. The number of hydrogen-bond acceptors (Lipinski definition) is 3. The Morgan fingerprint density at radius 1 is 1.10 bits per heavy atom. The second-order valence-electron chi connectivity index (χ2n) is 4.29. The first-order chi connectivity index (χ1) is 9.81. The largest absolute Gasteiger partial charge is 0.295 e. The third kappa shape index (κ3) is 3.25. The highest BCUT2D eigenvalue weighted by Crippen LogP contribution is 2.21. The second kappa shape index (κ2) is 5.61. The smallest absolute Gasteiger partial charge is 0.262 e.